The molecule has 36 heavy (non-hydrogen) atoms. The van der Waals surface area contributed by atoms with E-state index in [1.54, 1.807) is 0 Å². The van der Waals surface area contributed by atoms with Gasteiger partial charge >= 0.3 is 0 Å². The van der Waals surface area contributed by atoms with E-state index in [9.17, 15) is 18.7 Å². The van der Waals surface area contributed by atoms with Crippen molar-refractivity contribution in [3.8, 4) is 11.1 Å². The summed E-state index contributed by atoms with van der Waals surface area (Å²) in [6.07, 6.45) is -0.446. The number of carbonyl (C=O) groups is 1. The Labute approximate surface area is 210 Å². The first-order chi connectivity index (χ1) is 17.1. The van der Waals surface area contributed by atoms with Crippen LogP contribution in [0.3, 0.4) is 0 Å². The van der Waals surface area contributed by atoms with Gasteiger partial charge in [-0.05, 0) is 53.1 Å². The van der Waals surface area contributed by atoms with E-state index in [-0.39, 0.29) is 37.2 Å². The lowest BCUT2D eigenvalue weighted by atomic mass is 9.93. The van der Waals surface area contributed by atoms with Crippen LogP contribution < -0.4 is 10.6 Å². The van der Waals surface area contributed by atoms with Crippen LogP contribution >= 0.6 is 0 Å². The Morgan fingerprint density at radius 1 is 0.944 bits per heavy atom. The van der Waals surface area contributed by atoms with E-state index in [0.29, 0.717) is 23.1 Å². The molecule has 0 aliphatic carbocycles. The molecule has 3 aromatic carbocycles. The molecule has 0 bridgehead atoms. The van der Waals surface area contributed by atoms with Gasteiger partial charge in [-0.3, -0.25) is 4.79 Å². The van der Waals surface area contributed by atoms with Crippen molar-refractivity contribution in [2.24, 2.45) is 5.92 Å². The number of hydrogen-bond donors (Lipinski definition) is 3. The standard InChI is InChI=1S/C29H33F3N2O2/c1-18(2)11-22-9-10-25(21-7-5-4-6-8-21)26(29(22)32)16-33-17-28(36)27(34-19(3)35)14-20-12-23(30)15-24(31)13-20/h4-10,12-13,15,18,27-28,33,36H,11,14,16-17H2,1-3H3,(H,34,35)/t27-,28+/m0/s1. The van der Waals surface area contributed by atoms with Crippen LogP contribution in [0.15, 0.2) is 60.7 Å². The second-order valence-electron chi connectivity index (χ2n) is 9.52. The number of halogens is 3. The van der Waals surface area contributed by atoms with Gasteiger partial charge < -0.3 is 15.7 Å². The van der Waals surface area contributed by atoms with Crippen LogP contribution in [-0.2, 0) is 24.2 Å². The molecule has 3 aromatic rings. The highest BCUT2D eigenvalue weighted by atomic mass is 19.1. The van der Waals surface area contributed by atoms with Gasteiger partial charge in [0.05, 0.1) is 12.1 Å². The van der Waals surface area contributed by atoms with Crippen molar-refractivity contribution in [3.05, 3.63) is 94.8 Å². The largest absolute Gasteiger partial charge is 0.390 e. The number of amides is 1. The lowest BCUT2D eigenvalue weighted by molar-refractivity contribution is -0.120. The first-order valence-electron chi connectivity index (χ1n) is 12.1. The van der Waals surface area contributed by atoms with E-state index >= 15 is 4.39 Å². The highest BCUT2D eigenvalue weighted by Gasteiger charge is 2.22. The topological polar surface area (TPSA) is 61.4 Å². The number of nitrogens with one attached hydrogen (secondary N) is 2. The van der Waals surface area contributed by atoms with Gasteiger partial charge in [0, 0.05) is 31.6 Å². The van der Waals surface area contributed by atoms with E-state index in [0.717, 1.165) is 17.2 Å². The molecule has 192 valence electrons. The van der Waals surface area contributed by atoms with Crippen LogP contribution in [0.2, 0.25) is 0 Å². The highest BCUT2D eigenvalue weighted by molar-refractivity contribution is 5.73. The quantitative estimate of drug-likeness (QED) is 0.342. The molecule has 0 heterocycles. The minimum absolute atomic E-state index is 0.0323. The zero-order valence-corrected chi connectivity index (χ0v) is 20.8. The summed E-state index contributed by atoms with van der Waals surface area (Å²) < 4.78 is 42.8. The van der Waals surface area contributed by atoms with Crippen LogP contribution in [0.25, 0.3) is 11.1 Å². The van der Waals surface area contributed by atoms with Crippen molar-refractivity contribution < 1.29 is 23.1 Å². The summed E-state index contributed by atoms with van der Waals surface area (Å²) in [6.45, 7) is 5.56. The molecule has 0 radical (unpaired) electrons. The molecule has 3 N–H and O–H groups in total. The molecule has 2 atom stereocenters. The summed E-state index contributed by atoms with van der Waals surface area (Å²) in [5, 5.41) is 16.6. The lowest BCUT2D eigenvalue weighted by Crippen LogP contribution is -2.48. The van der Waals surface area contributed by atoms with Crippen LogP contribution in [0.1, 0.15) is 37.5 Å². The SMILES string of the molecule is CC(=O)N[C@@H](Cc1cc(F)cc(F)c1)[C@H](O)CNCc1c(-c2ccccc2)ccc(CC(C)C)c1F. The maximum Gasteiger partial charge on any atom is 0.217 e. The summed E-state index contributed by atoms with van der Waals surface area (Å²) >= 11 is 0. The summed E-state index contributed by atoms with van der Waals surface area (Å²) in [4.78, 5) is 11.7. The summed E-state index contributed by atoms with van der Waals surface area (Å²) in [7, 11) is 0. The zero-order chi connectivity index (χ0) is 26.2. The predicted octanol–water partition coefficient (Wildman–Crippen LogP) is 5.17. The van der Waals surface area contributed by atoms with Crippen LogP contribution in [0.4, 0.5) is 13.2 Å². The third-order valence-electron chi connectivity index (χ3n) is 5.92. The van der Waals surface area contributed by atoms with Crippen LogP contribution in [0, 0.1) is 23.4 Å². The van der Waals surface area contributed by atoms with E-state index in [4.69, 9.17) is 0 Å². The van der Waals surface area contributed by atoms with Gasteiger partial charge in [-0.15, -0.1) is 0 Å². The normalized spacial score (nSPS) is 13.0. The third-order valence-corrected chi connectivity index (χ3v) is 5.92. The van der Waals surface area contributed by atoms with Gasteiger partial charge in [0.25, 0.3) is 0 Å². The molecule has 1 amide bonds. The predicted molar refractivity (Wildman–Crippen MR) is 136 cm³/mol. The molecule has 0 saturated heterocycles. The first kappa shape index (κ1) is 27.4. The molecule has 4 nitrogen and oxygen atoms in total. The summed E-state index contributed by atoms with van der Waals surface area (Å²) in [6, 6.07) is 15.6. The average molecular weight is 499 g/mol. The fraction of sp³-hybridized carbons (Fsp3) is 0.345. The molecule has 7 heteroatoms. The molecule has 0 aromatic heterocycles. The third kappa shape index (κ3) is 7.67. The fourth-order valence-electron chi connectivity index (χ4n) is 4.34. The van der Waals surface area contributed by atoms with Gasteiger partial charge in [0.2, 0.25) is 5.91 Å². The van der Waals surface area contributed by atoms with Gasteiger partial charge in [-0.2, -0.15) is 0 Å². The van der Waals surface area contributed by atoms with Crippen molar-refractivity contribution in [1.29, 1.82) is 0 Å². The minimum atomic E-state index is -1.08. The second kappa shape index (κ2) is 12.7. The van der Waals surface area contributed by atoms with E-state index in [1.807, 2.05) is 56.3 Å². The Balaban J connectivity index is 1.78. The van der Waals surface area contributed by atoms with Gasteiger partial charge in [-0.1, -0.05) is 56.3 Å². The summed E-state index contributed by atoms with van der Waals surface area (Å²) in [5.74, 6) is -1.83. The molecule has 0 aliphatic heterocycles. The Kier molecular flexibility index (Phi) is 9.67. The zero-order valence-electron chi connectivity index (χ0n) is 20.8. The minimum Gasteiger partial charge on any atom is -0.390 e. The highest BCUT2D eigenvalue weighted by Crippen LogP contribution is 2.29. The fourth-order valence-corrected chi connectivity index (χ4v) is 4.34. The van der Waals surface area contributed by atoms with Gasteiger partial charge in [0.15, 0.2) is 0 Å². The van der Waals surface area contributed by atoms with Crippen LogP contribution in [-0.4, -0.2) is 29.7 Å². The molecule has 0 saturated carbocycles. The lowest BCUT2D eigenvalue weighted by Gasteiger charge is -2.25. The number of rotatable bonds is 11. The maximum atomic E-state index is 15.6. The molecule has 0 spiro atoms. The number of benzene rings is 3. The molecular formula is C29H33F3N2O2. The maximum absolute atomic E-state index is 15.6. The molecule has 0 aliphatic rings. The average Bonchev–Trinajstić information content (AvgIpc) is 2.80. The number of aliphatic hydroxyl groups excluding tert-OH is 1. The van der Waals surface area contributed by atoms with Crippen LogP contribution in [0.5, 0.6) is 0 Å². The monoisotopic (exact) mass is 498 g/mol. The molecule has 0 fully saturated rings. The van der Waals surface area contributed by atoms with Gasteiger partial charge in [-0.25, -0.2) is 13.2 Å². The van der Waals surface area contributed by atoms with Crippen molar-refractivity contribution in [2.75, 3.05) is 6.54 Å². The Bertz CT molecular complexity index is 1150. The second-order valence-corrected chi connectivity index (χ2v) is 9.52. The Morgan fingerprint density at radius 2 is 1.61 bits per heavy atom. The van der Waals surface area contributed by atoms with Crippen molar-refractivity contribution in [3.63, 3.8) is 0 Å². The first-order valence-corrected chi connectivity index (χ1v) is 12.1. The van der Waals surface area contributed by atoms with Crippen molar-refractivity contribution in [1.82, 2.24) is 10.6 Å². The van der Waals surface area contributed by atoms with E-state index < -0.39 is 23.8 Å². The molecule has 3 rings (SSSR count). The van der Waals surface area contributed by atoms with Crippen molar-refractivity contribution >= 4 is 5.91 Å². The number of aliphatic hydroxyl groups is 1. The van der Waals surface area contributed by atoms with E-state index in [1.165, 1.54) is 19.1 Å². The Morgan fingerprint density at radius 3 is 2.22 bits per heavy atom. The number of hydrogen-bond acceptors (Lipinski definition) is 3. The van der Waals surface area contributed by atoms with E-state index in [2.05, 4.69) is 10.6 Å². The Hall–Kier alpha value is -3.16. The van der Waals surface area contributed by atoms with Crippen molar-refractivity contribution in [2.45, 2.75) is 52.3 Å². The summed E-state index contributed by atoms with van der Waals surface area (Å²) in [5.41, 5.74) is 3.08. The smallest absolute Gasteiger partial charge is 0.217 e. The molecule has 0 unspecified atom stereocenters. The van der Waals surface area contributed by atoms with Gasteiger partial charge in [0.1, 0.15) is 17.5 Å². The molecular weight excluding hydrogens is 465 g/mol. The number of carbonyl (C=O) groups excluding carboxylic acids is 1.